The van der Waals surface area contributed by atoms with Crippen molar-refractivity contribution in [2.45, 2.75) is 24.0 Å². The Morgan fingerprint density at radius 2 is 1.62 bits per heavy atom. The summed E-state index contributed by atoms with van der Waals surface area (Å²) in [6, 6.07) is 14.5. The van der Waals surface area contributed by atoms with Crippen LogP contribution in [0.15, 0.2) is 65.6 Å². The lowest BCUT2D eigenvalue weighted by Crippen LogP contribution is -2.45. The number of esters is 1. The second-order valence-electron chi connectivity index (χ2n) is 5.02. The van der Waals surface area contributed by atoms with Crippen LogP contribution in [-0.2, 0) is 19.6 Å². The van der Waals surface area contributed by atoms with Crippen molar-refractivity contribution >= 4 is 16.0 Å². The summed E-state index contributed by atoms with van der Waals surface area (Å²) in [4.78, 5) is 12.2. The highest BCUT2D eigenvalue weighted by Crippen LogP contribution is 2.20. The molecule has 0 fully saturated rings. The van der Waals surface area contributed by atoms with Crippen molar-refractivity contribution in [3.63, 3.8) is 0 Å². The summed E-state index contributed by atoms with van der Waals surface area (Å²) >= 11 is 0. The van der Waals surface area contributed by atoms with Crippen molar-refractivity contribution in [2.75, 3.05) is 6.61 Å². The fraction of sp³-hybridized carbons (Fsp3) is 0.235. The Hall–Kier alpha value is -2.22. The van der Waals surface area contributed by atoms with Crippen molar-refractivity contribution in [3.8, 4) is 0 Å². The van der Waals surface area contributed by atoms with Crippen LogP contribution in [0.3, 0.4) is 0 Å². The molecule has 128 valence electrons. The summed E-state index contributed by atoms with van der Waals surface area (Å²) in [6.45, 7) is 1.68. The van der Waals surface area contributed by atoms with E-state index in [-0.39, 0.29) is 11.5 Å². The molecule has 0 aliphatic carbocycles. The van der Waals surface area contributed by atoms with Crippen LogP contribution in [0.4, 0.5) is 0 Å². The maximum absolute atomic E-state index is 12.5. The lowest BCUT2D eigenvalue weighted by Gasteiger charge is -2.22. The van der Waals surface area contributed by atoms with Crippen LogP contribution in [0.5, 0.6) is 0 Å². The molecular formula is C17H19NO5S. The highest BCUT2D eigenvalue weighted by atomic mass is 32.2. The van der Waals surface area contributed by atoms with E-state index in [0.717, 1.165) is 0 Å². The van der Waals surface area contributed by atoms with Crippen molar-refractivity contribution in [1.82, 2.24) is 4.72 Å². The molecule has 24 heavy (non-hydrogen) atoms. The van der Waals surface area contributed by atoms with Crippen molar-refractivity contribution < 1.29 is 23.1 Å². The first kappa shape index (κ1) is 18.1. The van der Waals surface area contributed by atoms with E-state index in [1.54, 1.807) is 55.5 Å². The van der Waals surface area contributed by atoms with Crippen molar-refractivity contribution in [1.29, 1.82) is 0 Å². The highest BCUT2D eigenvalue weighted by Gasteiger charge is 2.33. The van der Waals surface area contributed by atoms with E-state index in [1.165, 1.54) is 12.1 Å². The molecular weight excluding hydrogens is 330 g/mol. The van der Waals surface area contributed by atoms with Gasteiger partial charge in [0.2, 0.25) is 10.0 Å². The van der Waals surface area contributed by atoms with Crippen LogP contribution in [0.25, 0.3) is 0 Å². The number of hydrogen-bond acceptors (Lipinski definition) is 5. The molecule has 0 saturated carbocycles. The minimum Gasteiger partial charge on any atom is -0.465 e. The topological polar surface area (TPSA) is 92.7 Å². The fourth-order valence-corrected chi connectivity index (χ4v) is 3.36. The van der Waals surface area contributed by atoms with Gasteiger partial charge in [0.05, 0.1) is 11.5 Å². The molecule has 2 N–H and O–H groups in total. The third kappa shape index (κ3) is 4.41. The lowest BCUT2D eigenvalue weighted by molar-refractivity contribution is -0.148. The van der Waals surface area contributed by atoms with E-state index in [1.807, 2.05) is 0 Å². The van der Waals surface area contributed by atoms with Crippen molar-refractivity contribution in [2.24, 2.45) is 0 Å². The van der Waals surface area contributed by atoms with Gasteiger partial charge in [0.25, 0.3) is 0 Å². The average molecular weight is 349 g/mol. The van der Waals surface area contributed by atoms with Gasteiger partial charge >= 0.3 is 5.97 Å². The Labute approximate surface area is 141 Å². The minimum absolute atomic E-state index is 0.000407. The van der Waals surface area contributed by atoms with Gasteiger partial charge in [0, 0.05) is 0 Å². The molecule has 0 aliphatic heterocycles. The largest absolute Gasteiger partial charge is 0.465 e. The minimum atomic E-state index is -3.99. The number of ether oxygens (including phenoxy) is 1. The fourth-order valence-electron chi connectivity index (χ4n) is 2.15. The van der Waals surface area contributed by atoms with Crippen LogP contribution < -0.4 is 4.72 Å². The number of benzene rings is 2. The second-order valence-corrected chi connectivity index (χ2v) is 6.73. The number of aliphatic hydroxyl groups excluding tert-OH is 1. The summed E-state index contributed by atoms with van der Waals surface area (Å²) in [5.74, 6) is -0.839. The summed E-state index contributed by atoms with van der Waals surface area (Å²) in [6.07, 6.45) is -1.37. The van der Waals surface area contributed by atoms with Crippen molar-refractivity contribution in [3.05, 3.63) is 66.2 Å². The van der Waals surface area contributed by atoms with Crippen LogP contribution in [0.1, 0.15) is 18.6 Å². The van der Waals surface area contributed by atoms with E-state index >= 15 is 0 Å². The van der Waals surface area contributed by atoms with E-state index in [2.05, 4.69) is 4.72 Å². The molecule has 0 spiro atoms. The van der Waals surface area contributed by atoms with Gasteiger partial charge in [0.1, 0.15) is 12.1 Å². The Bertz CT molecular complexity index is 762. The summed E-state index contributed by atoms with van der Waals surface area (Å²) in [5, 5.41) is 10.5. The number of carbonyl (C=O) groups excluding carboxylic acids is 1. The molecule has 2 aromatic rings. The Kier molecular flexibility index (Phi) is 6.08. The van der Waals surface area contributed by atoms with Gasteiger partial charge in [-0.2, -0.15) is 4.72 Å². The van der Waals surface area contributed by atoms with Gasteiger partial charge in [-0.3, -0.25) is 4.79 Å². The van der Waals surface area contributed by atoms with E-state index in [9.17, 15) is 18.3 Å². The maximum atomic E-state index is 12.5. The van der Waals surface area contributed by atoms with E-state index in [0.29, 0.717) is 5.56 Å². The molecule has 0 saturated heterocycles. The van der Waals surface area contributed by atoms with Gasteiger partial charge < -0.3 is 9.84 Å². The molecule has 2 rings (SSSR count). The summed E-state index contributed by atoms with van der Waals surface area (Å²) < 4.78 is 32.1. The molecule has 0 amide bonds. The maximum Gasteiger partial charge on any atom is 0.327 e. The number of aliphatic hydroxyl groups is 1. The zero-order valence-electron chi connectivity index (χ0n) is 13.1. The first-order valence-corrected chi connectivity index (χ1v) is 8.91. The lowest BCUT2D eigenvalue weighted by atomic mass is 10.0. The van der Waals surface area contributed by atoms with Gasteiger partial charge in [-0.15, -0.1) is 0 Å². The number of carbonyl (C=O) groups is 1. The van der Waals surface area contributed by atoms with Gasteiger partial charge in [0.15, 0.2) is 0 Å². The van der Waals surface area contributed by atoms with E-state index < -0.39 is 28.1 Å². The Morgan fingerprint density at radius 1 is 1.08 bits per heavy atom. The number of rotatable bonds is 7. The van der Waals surface area contributed by atoms with Crippen LogP contribution >= 0.6 is 0 Å². The van der Waals surface area contributed by atoms with E-state index in [4.69, 9.17) is 4.74 Å². The third-order valence-corrected chi connectivity index (χ3v) is 4.79. The van der Waals surface area contributed by atoms with Gasteiger partial charge in [-0.1, -0.05) is 48.5 Å². The first-order valence-electron chi connectivity index (χ1n) is 7.42. The molecule has 2 aromatic carbocycles. The Morgan fingerprint density at radius 3 is 2.17 bits per heavy atom. The predicted octanol–water partition coefficient (Wildman–Crippen LogP) is 1.63. The van der Waals surface area contributed by atoms with Gasteiger partial charge in [-0.05, 0) is 24.6 Å². The highest BCUT2D eigenvalue weighted by molar-refractivity contribution is 7.89. The molecule has 2 atom stereocenters. The molecule has 0 unspecified atom stereocenters. The second kappa shape index (κ2) is 8.05. The normalized spacial score (nSPS) is 13.9. The number of hydrogen-bond donors (Lipinski definition) is 2. The molecule has 0 aromatic heterocycles. The Balaban J connectivity index is 2.32. The molecule has 6 nitrogen and oxygen atoms in total. The summed E-state index contributed by atoms with van der Waals surface area (Å²) in [7, 11) is -3.99. The average Bonchev–Trinajstić information content (AvgIpc) is 2.61. The third-order valence-electron chi connectivity index (χ3n) is 3.33. The zero-order chi connectivity index (χ0) is 17.6. The molecule has 0 radical (unpaired) electrons. The van der Waals surface area contributed by atoms with Gasteiger partial charge in [-0.25, -0.2) is 8.42 Å². The standard InChI is InChI=1S/C17H19NO5S/c1-2-23-17(20)15(16(19)13-9-5-3-6-10-13)18-24(21,22)14-11-7-4-8-12-14/h3-12,15-16,18-19H,2H2,1H3/t15-,16-/m0/s1. The first-order chi connectivity index (χ1) is 11.5. The van der Waals surface area contributed by atoms with Crippen LogP contribution in [-0.4, -0.2) is 32.1 Å². The zero-order valence-corrected chi connectivity index (χ0v) is 13.9. The SMILES string of the molecule is CCOC(=O)[C@@H](NS(=O)(=O)c1ccccc1)[C@@H](O)c1ccccc1. The predicted molar refractivity (Wildman–Crippen MR) is 88.6 cm³/mol. The monoisotopic (exact) mass is 349 g/mol. The van der Waals surface area contributed by atoms with Crippen LogP contribution in [0.2, 0.25) is 0 Å². The smallest absolute Gasteiger partial charge is 0.327 e. The van der Waals surface area contributed by atoms with Crippen LogP contribution in [0, 0.1) is 0 Å². The summed E-state index contributed by atoms with van der Waals surface area (Å²) in [5.41, 5.74) is 0.409. The number of nitrogens with one attached hydrogen (secondary N) is 1. The molecule has 0 heterocycles. The molecule has 7 heteroatoms. The molecule has 0 bridgehead atoms. The number of sulfonamides is 1. The molecule has 0 aliphatic rings. The quantitative estimate of drug-likeness (QED) is 0.741.